The molecule has 1 aliphatic carbocycles. The fourth-order valence-electron chi connectivity index (χ4n) is 0.321. The van der Waals surface area contributed by atoms with E-state index in [0.29, 0.717) is 0 Å². The van der Waals surface area contributed by atoms with Gasteiger partial charge in [-0.25, -0.2) is 0 Å². The maximum atomic E-state index is 7.50. The van der Waals surface area contributed by atoms with Gasteiger partial charge in [-0.05, 0) is 32.1 Å². The van der Waals surface area contributed by atoms with Crippen LogP contribution in [0.5, 0.6) is 0 Å². The first-order chi connectivity index (χ1) is 5.50. The molecule has 0 saturated heterocycles. The van der Waals surface area contributed by atoms with Crippen LogP contribution in [0.1, 0.15) is 0 Å². The van der Waals surface area contributed by atoms with E-state index in [9.17, 15) is 0 Å². The zero-order chi connectivity index (χ0) is 9.54. The van der Waals surface area contributed by atoms with Gasteiger partial charge in [0, 0.05) is 21.1 Å². The molecule has 1 rings (SSSR count). The van der Waals surface area contributed by atoms with Crippen molar-refractivity contribution >= 4 is 0 Å². The summed E-state index contributed by atoms with van der Waals surface area (Å²) in [4.78, 5) is 0. The molecule has 12 heavy (non-hydrogen) atoms. The molecule has 0 aromatic carbocycles. The molecule has 0 aliphatic heterocycles. The van der Waals surface area contributed by atoms with Crippen LogP contribution in [0.2, 0.25) is 0 Å². The Balaban J connectivity index is -0.0000000406. The Morgan fingerprint density at radius 3 is 0.667 bits per heavy atom. The van der Waals surface area contributed by atoms with Gasteiger partial charge in [-0.2, -0.15) is 0 Å². The average molecular weight is 245 g/mol. The second kappa shape index (κ2) is 44.5. The Kier molecular flexibility index (Phi) is 83.9. The molecule has 5 radical (unpaired) electrons. The summed E-state index contributed by atoms with van der Waals surface area (Å²) in [5.41, 5.74) is 0. The zero-order valence-corrected chi connectivity index (χ0v) is 8.03. The number of hydrogen-bond acceptors (Lipinski definition) is 0. The van der Waals surface area contributed by atoms with E-state index in [1.54, 1.807) is 0 Å². The smallest absolute Gasteiger partial charge is 0 e. The standard InChI is InChI=1S/C5H5.3CO.Mo/c1-2-4-5-3-1;3*1-2;/h1-5H;;;;. The third kappa shape index (κ3) is 32.6. The van der Waals surface area contributed by atoms with Crippen molar-refractivity contribution in [3.8, 4) is 0 Å². The fraction of sp³-hybridized carbons (Fsp3) is 0. The van der Waals surface area contributed by atoms with Crippen molar-refractivity contribution < 1.29 is 35.0 Å². The normalized spacial score (nSPS) is 10.5. The summed E-state index contributed by atoms with van der Waals surface area (Å²) in [6, 6.07) is 0. The van der Waals surface area contributed by atoms with E-state index in [0.717, 1.165) is 0 Å². The fourth-order valence-corrected chi connectivity index (χ4v) is 0.321. The third-order valence-electron chi connectivity index (χ3n) is 0.556. The molecule has 0 atom stereocenters. The average Bonchev–Trinajstić information content (AvgIpc) is 2.71. The van der Waals surface area contributed by atoms with Gasteiger partial charge in [0.25, 0.3) is 0 Å². The van der Waals surface area contributed by atoms with E-state index in [1.165, 1.54) is 0 Å². The molecule has 0 heterocycles. The van der Waals surface area contributed by atoms with Crippen LogP contribution in [0.25, 0.3) is 0 Å². The van der Waals surface area contributed by atoms with E-state index >= 15 is 0 Å². The minimum Gasteiger partial charge on any atom is -0.0312 e. The summed E-state index contributed by atoms with van der Waals surface area (Å²) < 4.78 is 22.5. The summed E-state index contributed by atoms with van der Waals surface area (Å²) in [7, 11) is 0. The van der Waals surface area contributed by atoms with Crippen LogP contribution in [0.3, 0.4) is 0 Å². The minimum absolute atomic E-state index is 0. The predicted molar refractivity (Wildman–Crippen MR) is 33.3 cm³/mol. The first kappa shape index (κ1) is 22.7. The van der Waals surface area contributed by atoms with Crippen molar-refractivity contribution in [3.05, 3.63) is 52.1 Å². The third-order valence-corrected chi connectivity index (χ3v) is 0.556. The zero-order valence-electron chi connectivity index (χ0n) is 6.02. The molecule has 3 nitrogen and oxygen atoms in total. The Labute approximate surface area is 87.3 Å². The van der Waals surface area contributed by atoms with Crippen LogP contribution < -0.4 is 0 Å². The molecule has 0 bridgehead atoms. The minimum atomic E-state index is 0. The Morgan fingerprint density at radius 1 is 0.500 bits per heavy atom. The summed E-state index contributed by atoms with van der Waals surface area (Å²) in [6.45, 7) is 13.5. The van der Waals surface area contributed by atoms with Gasteiger partial charge in [0.05, 0.1) is 0 Å². The van der Waals surface area contributed by atoms with Crippen molar-refractivity contribution in [2.24, 2.45) is 0 Å². The predicted octanol–water partition coefficient (Wildman–Crippen LogP) is 0.906. The molecular weight excluding hydrogens is 240 g/mol. The Bertz CT molecular complexity index is 80.7. The second-order valence-electron chi connectivity index (χ2n) is 0.962. The van der Waals surface area contributed by atoms with Gasteiger partial charge in [-0.15, -0.1) is 0 Å². The summed E-state index contributed by atoms with van der Waals surface area (Å²) in [5, 5.41) is 0. The quantitative estimate of drug-likeness (QED) is 0.346. The Hall–Kier alpha value is -0.0917. The van der Waals surface area contributed by atoms with Crippen molar-refractivity contribution in [2.45, 2.75) is 0 Å². The first-order valence-electron chi connectivity index (χ1n) is 2.28. The molecule has 61 valence electrons. The van der Waals surface area contributed by atoms with Gasteiger partial charge in [-0.3, -0.25) is 0 Å². The van der Waals surface area contributed by atoms with Gasteiger partial charge >= 0.3 is 33.9 Å². The SMILES string of the molecule is [C-]#[O+].[C-]#[O+].[C-]#[O+].[CH]1[CH][CH][CH][CH]1.[Mo]. The molecule has 1 aliphatic rings. The molecule has 0 aromatic heterocycles. The van der Waals surface area contributed by atoms with Crippen molar-refractivity contribution in [1.82, 2.24) is 0 Å². The monoisotopic (exact) mass is 247 g/mol. The summed E-state index contributed by atoms with van der Waals surface area (Å²) in [5.74, 6) is 0. The van der Waals surface area contributed by atoms with E-state index < -0.39 is 0 Å². The van der Waals surface area contributed by atoms with Crippen LogP contribution in [0.4, 0.5) is 0 Å². The van der Waals surface area contributed by atoms with Crippen molar-refractivity contribution in [1.29, 1.82) is 0 Å². The molecule has 0 aromatic rings. The maximum Gasteiger partial charge on any atom is 0 e. The van der Waals surface area contributed by atoms with E-state index in [2.05, 4.69) is 20.0 Å². The maximum absolute atomic E-state index is 7.50. The number of hydrogen-bond donors (Lipinski definition) is 0. The Morgan fingerprint density at radius 2 is 0.583 bits per heavy atom. The van der Waals surface area contributed by atoms with Crippen LogP contribution in [0.15, 0.2) is 0 Å². The van der Waals surface area contributed by atoms with Gasteiger partial charge in [0.1, 0.15) is 0 Å². The van der Waals surface area contributed by atoms with Crippen LogP contribution >= 0.6 is 0 Å². The topological polar surface area (TPSA) is 59.7 Å². The van der Waals surface area contributed by atoms with E-state index in [1.807, 2.05) is 32.1 Å². The first-order valence-corrected chi connectivity index (χ1v) is 2.28. The van der Waals surface area contributed by atoms with Crippen molar-refractivity contribution in [3.63, 3.8) is 0 Å². The van der Waals surface area contributed by atoms with Crippen LogP contribution in [-0.4, -0.2) is 0 Å². The number of rotatable bonds is 0. The molecule has 4 heteroatoms. The summed E-state index contributed by atoms with van der Waals surface area (Å²) in [6.07, 6.45) is 10.0. The van der Waals surface area contributed by atoms with Gasteiger partial charge in [0.15, 0.2) is 0 Å². The molecule has 0 N–H and O–H groups in total. The van der Waals surface area contributed by atoms with Crippen molar-refractivity contribution in [2.75, 3.05) is 0 Å². The van der Waals surface area contributed by atoms with Gasteiger partial charge in [-0.1, -0.05) is 0 Å². The van der Waals surface area contributed by atoms with Crippen LogP contribution in [-0.2, 0) is 35.0 Å². The molecule has 1 saturated carbocycles. The molecule has 0 unspecified atom stereocenters. The van der Waals surface area contributed by atoms with Crippen LogP contribution in [0, 0.1) is 52.1 Å². The second-order valence-corrected chi connectivity index (χ2v) is 0.962. The molecular formula is C8H5MoO3. The largest absolute Gasteiger partial charge is 0.0312 e. The van der Waals surface area contributed by atoms with E-state index in [-0.39, 0.29) is 21.1 Å². The molecule has 0 amide bonds. The molecule has 1 fully saturated rings. The van der Waals surface area contributed by atoms with E-state index in [4.69, 9.17) is 14.0 Å². The van der Waals surface area contributed by atoms with Gasteiger partial charge < -0.3 is 0 Å². The van der Waals surface area contributed by atoms with Gasteiger partial charge in [0.2, 0.25) is 0 Å². The molecule has 0 spiro atoms. The summed E-state index contributed by atoms with van der Waals surface area (Å²) >= 11 is 0.